The molecule has 9 heteroatoms. The van der Waals surface area contributed by atoms with E-state index in [-0.39, 0.29) is 29.2 Å². The Kier molecular flexibility index (Phi) is 6.26. The predicted molar refractivity (Wildman–Crippen MR) is 109 cm³/mol. The van der Waals surface area contributed by atoms with Gasteiger partial charge in [-0.15, -0.1) is 0 Å². The Hall–Kier alpha value is -3.23. The SMILES string of the molecule is CCOC(=O)C1CCN(c2ncnc(Nc3cc(C)ccc3C)c2[N+](=O)[O-])CC1. The number of nitro groups is 1. The molecule has 1 aromatic heterocycles. The van der Waals surface area contributed by atoms with Crippen molar-refractivity contribution >= 4 is 29.0 Å². The smallest absolute Gasteiger partial charge is 0.353 e. The summed E-state index contributed by atoms with van der Waals surface area (Å²) in [6.07, 6.45) is 2.46. The van der Waals surface area contributed by atoms with E-state index < -0.39 is 4.92 Å². The highest BCUT2D eigenvalue weighted by molar-refractivity contribution is 5.76. The highest BCUT2D eigenvalue weighted by Crippen LogP contribution is 2.36. The monoisotopic (exact) mass is 399 g/mol. The van der Waals surface area contributed by atoms with Crippen molar-refractivity contribution in [3.8, 4) is 0 Å². The molecule has 0 atom stereocenters. The minimum Gasteiger partial charge on any atom is -0.466 e. The maximum Gasteiger partial charge on any atom is 0.353 e. The summed E-state index contributed by atoms with van der Waals surface area (Å²) in [6.45, 7) is 6.99. The molecule has 0 amide bonds. The fraction of sp³-hybridized carbons (Fsp3) is 0.450. The maximum atomic E-state index is 11.9. The van der Waals surface area contributed by atoms with Crippen molar-refractivity contribution in [3.63, 3.8) is 0 Å². The van der Waals surface area contributed by atoms with Crippen molar-refractivity contribution in [2.45, 2.75) is 33.6 Å². The first-order valence-corrected chi connectivity index (χ1v) is 9.66. The van der Waals surface area contributed by atoms with Crippen LogP contribution in [-0.4, -0.2) is 40.6 Å². The lowest BCUT2D eigenvalue weighted by molar-refractivity contribution is -0.383. The number of aromatic nitrogens is 2. The summed E-state index contributed by atoms with van der Waals surface area (Å²) in [5, 5.41) is 15.0. The number of rotatable bonds is 6. The quantitative estimate of drug-likeness (QED) is 0.446. The standard InChI is InChI=1S/C20H25N5O4/c1-4-29-20(26)15-7-9-24(10-8-15)19-17(25(27)28)18(21-12-22-19)23-16-11-13(2)5-6-14(16)3/h5-6,11-12,15H,4,7-10H2,1-3H3,(H,21,22,23). The minimum atomic E-state index is -0.458. The molecule has 1 saturated heterocycles. The number of aryl methyl sites for hydroxylation is 2. The summed E-state index contributed by atoms with van der Waals surface area (Å²) in [5.41, 5.74) is 2.60. The van der Waals surface area contributed by atoms with Crippen molar-refractivity contribution in [3.05, 3.63) is 45.8 Å². The van der Waals surface area contributed by atoms with Crippen LogP contribution in [0.5, 0.6) is 0 Å². The molecule has 0 unspecified atom stereocenters. The molecule has 1 N–H and O–H groups in total. The topological polar surface area (TPSA) is 110 Å². The van der Waals surface area contributed by atoms with Gasteiger partial charge in [-0.25, -0.2) is 9.97 Å². The third-order valence-corrected chi connectivity index (χ3v) is 5.05. The third-order valence-electron chi connectivity index (χ3n) is 5.05. The molecule has 29 heavy (non-hydrogen) atoms. The highest BCUT2D eigenvalue weighted by atomic mass is 16.6. The molecule has 1 aliphatic rings. The number of carbonyl (C=O) groups excluding carboxylic acids is 1. The number of nitrogens with zero attached hydrogens (tertiary/aromatic N) is 4. The molecule has 0 spiro atoms. The van der Waals surface area contributed by atoms with Crippen LogP contribution in [0, 0.1) is 29.9 Å². The lowest BCUT2D eigenvalue weighted by atomic mass is 9.97. The molecule has 0 aliphatic carbocycles. The van der Waals surface area contributed by atoms with E-state index in [0.717, 1.165) is 16.8 Å². The molecule has 154 valence electrons. The summed E-state index contributed by atoms with van der Waals surface area (Å²) in [7, 11) is 0. The van der Waals surface area contributed by atoms with E-state index in [1.807, 2.05) is 36.9 Å². The van der Waals surface area contributed by atoms with Crippen molar-refractivity contribution < 1.29 is 14.5 Å². The van der Waals surface area contributed by atoms with Crippen molar-refractivity contribution in [2.24, 2.45) is 5.92 Å². The van der Waals surface area contributed by atoms with Crippen LogP contribution in [0.3, 0.4) is 0 Å². The second-order valence-electron chi connectivity index (χ2n) is 7.11. The summed E-state index contributed by atoms with van der Waals surface area (Å²) >= 11 is 0. The van der Waals surface area contributed by atoms with Gasteiger partial charge in [0.25, 0.3) is 0 Å². The average molecular weight is 399 g/mol. The van der Waals surface area contributed by atoms with E-state index in [9.17, 15) is 14.9 Å². The summed E-state index contributed by atoms with van der Waals surface area (Å²) in [5.74, 6) is 0.0302. The molecule has 1 fully saturated rings. The van der Waals surface area contributed by atoms with E-state index in [0.29, 0.717) is 32.5 Å². The normalized spacial score (nSPS) is 14.5. The van der Waals surface area contributed by atoms with Gasteiger partial charge in [-0.1, -0.05) is 12.1 Å². The van der Waals surface area contributed by atoms with Crippen molar-refractivity contribution in [1.82, 2.24) is 9.97 Å². The number of ether oxygens (including phenoxy) is 1. The molecule has 2 aromatic rings. The fourth-order valence-corrected chi connectivity index (χ4v) is 3.45. The van der Waals surface area contributed by atoms with E-state index in [1.165, 1.54) is 6.33 Å². The van der Waals surface area contributed by atoms with Crippen LogP contribution in [0.15, 0.2) is 24.5 Å². The second-order valence-corrected chi connectivity index (χ2v) is 7.11. The van der Waals surface area contributed by atoms with Crippen LogP contribution < -0.4 is 10.2 Å². The second kappa shape index (κ2) is 8.85. The Morgan fingerprint density at radius 3 is 2.69 bits per heavy atom. The fourth-order valence-electron chi connectivity index (χ4n) is 3.45. The molecule has 0 saturated carbocycles. The lowest BCUT2D eigenvalue weighted by Crippen LogP contribution is -2.37. The zero-order valence-corrected chi connectivity index (χ0v) is 16.8. The van der Waals surface area contributed by atoms with Crippen LogP contribution in [0.2, 0.25) is 0 Å². The first-order valence-electron chi connectivity index (χ1n) is 9.66. The molecule has 0 bridgehead atoms. The van der Waals surface area contributed by atoms with Gasteiger partial charge in [0, 0.05) is 18.8 Å². The third kappa shape index (κ3) is 4.61. The van der Waals surface area contributed by atoms with Crippen LogP contribution >= 0.6 is 0 Å². The van der Waals surface area contributed by atoms with Gasteiger partial charge in [0.1, 0.15) is 6.33 Å². The first kappa shape index (κ1) is 20.5. The number of carbonyl (C=O) groups is 1. The minimum absolute atomic E-state index is 0.154. The molecule has 2 heterocycles. The molecule has 1 aliphatic heterocycles. The zero-order chi connectivity index (χ0) is 21.0. The maximum absolute atomic E-state index is 11.9. The number of hydrogen-bond donors (Lipinski definition) is 1. The van der Waals surface area contributed by atoms with E-state index in [1.54, 1.807) is 6.92 Å². The highest BCUT2D eigenvalue weighted by Gasteiger charge is 2.32. The van der Waals surface area contributed by atoms with Crippen LogP contribution in [-0.2, 0) is 9.53 Å². The number of piperidine rings is 1. The number of anilines is 3. The average Bonchev–Trinajstić information content (AvgIpc) is 2.70. The lowest BCUT2D eigenvalue weighted by Gasteiger charge is -2.31. The molecule has 3 rings (SSSR count). The molecule has 9 nitrogen and oxygen atoms in total. The summed E-state index contributed by atoms with van der Waals surface area (Å²) < 4.78 is 5.09. The van der Waals surface area contributed by atoms with E-state index >= 15 is 0 Å². The van der Waals surface area contributed by atoms with E-state index in [4.69, 9.17) is 4.74 Å². The number of benzene rings is 1. The van der Waals surface area contributed by atoms with E-state index in [2.05, 4.69) is 15.3 Å². The van der Waals surface area contributed by atoms with Gasteiger partial charge in [0.05, 0.1) is 17.4 Å². The molecule has 0 radical (unpaired) electrons. The van der Waals surface area contributed by atoms with Crippen LogP contribution in [0.4, 0.5) is 23.0 Å². The Bertz CT molecular complexity index is 910. The van der Waals surface area contributed by atoms with Crippen molar-refractivity contribution in [1.29, 1.82) is 0 Å². The van der Waals surface area contributed by atoms with Gasteiger partial charge in [-0.2, -0.15) is 0 Å². The van der Waals surface area contributed by atoms with Gasteiger partial charge in [0.15, 0.2) is 0 Å². The Morgan fingerprint density at radius 2 is 2.03 bits per heavy atom. The molecular formula is C20H25N5O4. The van der Waals surface area contributed by atoms with Gasteiger partial charge < -0.3 is 15.0 Å². The summed E-state index contributed by atoms with van der Waals surface area (Å²) in [4.78, 5) is 33.5. The molecular weight excluding hydrogens is 374 g/mol. The van der Waals surface area contributed by atoms with Crippen molar-refractivity contribution in [2.75, 3.05) is 29.9 Å². The predicted octanol–water partition coefficient (Wildman–Crippen LogP) is 3.52. The number of hydrogen-bond acceptors (Lipinski definition) is 8. The summed E-state index contributed by atoms with van der Waals surface area (Å²) in [6, 6.07) is 5.85. The largest absolute Gasteiger partial charge is 0.466 e. The Labute approximate surface area is 169 Å². The van der Waals surface area contributed by atoms with Gasteiger partial charge >= 0.3 is 11.7 Å². The van der Waals surface area contributed by atoms with Crippen LogP contribution in [0.25, 0.3) is 0 Å². The zero-order valence-electron chi connectivity index (χ0n) is 16.8. The first-order chi connectivity index (χ1) is 13.9. The van der Waals surface area contributed by atoms with Gasteiger partial charge in [-0.05, 0) is 50.8 Å². The number of nitrogens with one attached hydrogen (secondary N) is 1. The Balaban J connectivity index is 1.85. The van der Waals surface area contributed by atoms with Crippen LogP contribution in [0.1, 0.15) is 30.9 Å². The van der Waals surface area contributed by atoms with Gasteiger partial charge in [0.2, 0.25) is 11.6 Å². The molecule has 1 aromatic carbocycles. The Morgan fingerprint density at radius 1 is 1.31 bits per heavy atom. The number of esters is 1. The van der Waals surface area contributed by atoms with Gasteiger partial charge in [-0.3, -0.25) is 14.9 Å².